The van der Waals surface area contributed by atoms with Gasteiger partial charge in [-0.3, -0.25) is 0 Å². The van der Waals surface area contributed by atoms with Crippen LogP contribution in [-0.2, 0) is 14.7 Å². The van der Waals surface area contributed by atoms with Gasteiger partial charge in [-0.25, -0.2) is 0 Å². The summed E-state index contributed by atoms with van der Waals surface area (Å²) < 4.78 is 54.6. The SMILES string of the molecule is O=S(=O)(O)[Te]S(=O)(=O)O. The van der Waals surface area contributed by atoms with E-state index < -0.39 is 32.9 Å². The second-order valence-corrected chi connectivity index (χ2v) is 13.9. The number of hydrogen-bond donors (Lipinski definition) is 2. The van der Waals surface area contributed by atoms with Gasteiger partial charge in [-0.1, -0.05) is 0 Å². The zero-order valence-corrected chi connectivity index (χ0v) is 7.72. The summed E-state index contributed by atoms with van der Waals surface area (Å²) in [6.07, 6.45) is 0. The number of rotatable bonds is 2. The Hall–Kier alpha value is 0.610. The van der Waals surface area contributed by atoms with E-state index in [0.29, 0.717) is 0 Å². The van der Waals surface area contributed by atoms with Crippen molar-refractivity contribution in [3.63, 3.8) is 0 Å². The Balaban J connectivity index is 4.46. The molecule has 6 nitrogen and oxygen atoms in total. The molecule has 9 heavy (non-hydrogen) atoms. The van der Waals surface area contributed by atoms with Gasteiger partial charge in [0.25, 0.3) is 0 Å². The summed E-state index contributed by atoms with van der Waals surface area (Å²) in [6, 6.07) is 0. The molecule has 0 fully saturated rings. The van der Waals surface area contributed by atoms with Gasteiger partial charge in [0.15, 0.2) is 0 Å². The molecule has 0 aliphatic rings. The van der Waals surface area contributed by atoms with E-state index in [1.807, 2.05) is 0 Å². The molecule has 0 aromatic carbocycles. The summed E-state index contributed by atoms with van der Waals surface area (Å²) in [6.45, 7) is 0. The topological polar surface area (TPSA) is 109 Å². The third-order valence-corrected chi connectivity index (χ3v) is 10.4. The van der Waals surface area contributed by atoms with Crippen LogP contribution >= 0.6 is 0 Å². The molecule has 0 aliphatic carbocycles. The summed E-state index contributed by atoms with van der Waals surface area (Å²) in [7, 11) is -8.98. The minimum atomic E-state index is -4.49. The van der Waals surface area contributed by atoms with Crippen LogP contribution in [-0.4, -0.2) is 44.1 Å². The van der Waals surface area contributed by atoms with Crippen molar-refractivity contribution in [1.29, 1.82) is 0 Å². The predicted molar refractivity (Wildman–Crippen MR) is 28.9 cm³/mol. The maximum atomic E-state index is 9.72. The van der Waals surface area contributed by atoms with Gasteiger partial charge in [0, 0.05) is 0 Å². The minimum absolute atomic E-state index is 2.78. The monoisotopic (exact) mass is 292 g/mol. The van der Waals surface area contributed by atoms with Crippen LogP contribution in [0.2, 0.25) is 0 Å². The predicted octanol–water partition coefficient (Wildman–Crippen LogP) is -1.70. The standard InChI is InChI=1S/H2O6S2Te/c1-7(2,3)9-8(4,5)6/h(H,1,2,3)(H,4,5,6). The van der Waals surface area contributed by atoms with E-state index in [1.165, 1.54) is 0 Å². The molecule has 0 rings (SSSR count). The fourth-order valence-corrected chi connectivity index (χ4v) is 6.56. The van der Waals surface area contributed by atoms with Crippen LogP contribution in [0.3, 0.4) is 0 Å². The van der Waals surface area contributed by atoms with Crippen molar-refractivity contribution in [2.45, 2.75) is 0 Å². The molecule has 0 amide bonds. The van der Waals surface area contributed by atoms with E-state index in [-0.39, 0.29) is 0 Å². The molecule has 0 aromatic rings. The van der Waals surface area contributed by atoms with E-state index in [0.717, 1.165) is 0 Å². The summed E-state index contributed by atoms with van der Waals surface area (Å²) in [5, 5.41) is 0. The Morgan fingerprint density at radius 1 is 0.889 bits per heavy atom. The van der Waals surface area contributed by atoms with Crippen molar-refractivity contribution in [2.75, 3.05) is 0 Å². The molecular formula is H2O6S2Te. The summed E-state index contributed by atoms with van der Waals surface area (Å²) >= 11 is -2.78. The van der Waals surface area contributed by atoms with Crippen molar-refractivity contribution in [3.05, 3.63) is 0 Å². The van der Waals surface area contributed by atoms with Gasteiger partial charge in [-0.05, 0) is 0 Å². The van der Waals surface area contributed by atoms with Crippen molar-refractivity contribution >= 4 is 32.9 Å². The first-order valence-electron chi connectivity index (χ1n) is 1.37. The first-order valence-corrected chi connectivity index (χ1v) is 9.80. The third kappa shape index (κ3) is 8.61. The number of hydrogen-bond acceptors (Lipinski definition) is 4. The van der Waals surface area contributed by atoms with Crippen molar-refractivity contribution in [1.82, 2.24) is 0 Å². The Labute approximate surface area is 58.8 Å². The van der Waals surface area contributed by atoms with Crippen LogP contribution in [0.15, 0.2) is 0 Å². The molecule has 56 valence electrons. The normalized spacial score (nSPS) is 13.6. The van der Waals surface area contributed by atoms with Crippen molar-refractivity contribution in [2.24, 2.45) is 0 Å². The summed E-state index contributed by atoms with van der Waals surface area (Å²) in [4.78, 5) is 0. The van der Waals surface area contributed by atoms with Gasteiger partial charge in [0.1, 0.15) is 0 Å². The molecule has 0 spiro atoms. The van der Waals surface area contributed by atoms with Gasteiger partial charge >= 0.3 is 58.8 Å². The fourth-order valence-electron chi connectivity index (χ4n) is 0.109. The van der Waals surface area contributed by atoms with E-state index in [2.05, 4.69) is 0 Å². The summed E-state index contributed by atoms with van der Waals surface area (Å²) in [5.74, 6) is 0. The van der Waals surface area contributed by atoms with Crippen LogP contribution in [0.5, 0.6) is 0 Å². The van der Waals surface area contributed by atoms with E-state index in [9.17, 15) is 16.8 Å². The zero-order chi connectivity index (χ0) is 7.71. The van der Waals surface area contributed by atoms with E-state index in [4.69, 9.17) is 9.11 Å². The Morgan fingerprint density at radius 3 is 1.11 bits per heavy atom. The summed E-state index contributed by atoms with van der Waals surface area (Å²) in [5.41, 5.74) is 0. The second-order valence-electron chi connectivity index (χ2n) is 0.924. The average molecular weight is 290 g/mol. The van der Waals surface area contributed by atoms with Gasteiger partial charge in [0.05, 0.1) is 0 Å². The Morgan fingerprint density at radius 2 is 1.11 bits per heavy atom. The first-order chi connectivity index (χ1) is 3.71. The molecule has 0 saturated heterocycles. The molecule has 0 radical (unpaired) electrons. The Bertz CT molecular complexity index is 236. The quantitative estimate of drug-likeness (QED) is 0.463. The molecule has 0 unspecified atom stereocenters. The molecule has 0 heterocycles. The molecule has 0 aliphatic heterocycles. The molecule has 0 aromatic heterocycles. The van der Waals surface area contributed by atoms with Crippen LogP contribution in [0.1, 0.15) is 0 Å². The Kier molecular flexibility index (Phi) is 2.87. The molecule has 0 bridgehead atoms. The first kappa shape index (κ1) is 9.61. The van der Waals surface area contributed by atoms with Gasteiger partial charge in [0.2, 0.25) is 0 Å². The maximum absolute atomic E-state index is 9.72. The zero-order valence-electron chi connectivity index (χ0n) is 3.75. The van der Waals surface area contributed by atoms with Gasteiger partial charge in [-0.15, -0.1) is 0 Å². The van der Waals surface area contributed by atoms with Crippen LogP contribution in [0.25, 0.3) is 0 Å². The molecule has 2 N–H and O–H groups in total. The fraction of sp³-hybridized carbons (Fsp3) is 0. The molecule has 0 atom stereocenters. The van der Waals surface area contributed by atoms with Gasteiger partial charge < -0.3 is 0 Å². The molecule has 9 heteroatoms. The molecule has 0 saturated carbocycles. The van der Waals surface area contributed by atoms with Gasteiger partial charge in [-0.2, -0.15) is 0 Å². The third-order valence-electron chi connectivity index (χ3n) is 0.172. The van der Waals surface area contributed by atoms with Crippen molar-refractivity contribution in [3.8, 4) is 0 Å². The van der Waals surface area contributed by atoms with E-state index >= 15 is 0 Å². The van der Waals surface area contributed by atoms with E-state index in [1.54, 1.807) is 0 Å². The average Bonchev–Trinajstić information content (AvgIpc) is 1.14. The van der Waals surface area contributed by atoms with Crippen molar-refractivity contribution < 1.29 is 25.9 Å². The van der Waals surface area contributed by atoms with Crippen LogP contribution in [0.4, 0.5) is 0 Å². The van der Waals surface area contributed by atoms with Crippen LogP contribution in [0, 0.1) is 0 Å². The second kappa shape index (κ2) is 2.69. The molecular weight excluding hydrogens is 288 g/mol. The van der Waals surface area contributed by atoms with Crippen LogP contribution < -0.4 is 0 Å².